The van der Waals surface area contributed by atoms with Gasteiger partial charge in [-0.3, -0.25) is 0 Å². The van der Waals surface area contributed by atoms with Crippen molar-refractivity contribution < 1.29 is 0 Å². The molecule has 17 heavy (non-hydrogen) atoms. The molecule has 0 heterocycles. The number of rotatable bonds is 0. The first kappa shape index (κ1) is 10.7. The number of fused-ring (bicyclic) bond motifs is 1. The maximum Gasteiger partial charge on any atom is 0.0478 e. The van der Waals surface area contributed by atoms with Crippen LogP contribution in [0.25, 0.3) is 10.8 Å². The molecule has 2 N–H and O–H groups in total. The fourth-order valence-electron chi connectivity index (χ4n) is 1.82. The summed E-state index contributed by atoms with van der Waals surface area (Å²) in [4.78, 5) is 0. The summed E-state index contributed by atoms with van der Waals surface area (Å²) >= 11 is 0. The van der Waals surface area contributed by atoms with Crippen molar-refractivity contribution in [3.05, 3.63) is 41.0 Å². The largest absolute Gasteiger partial charge is 0.398 e. The van der Waals surface area contributed by atoms with E-state index in [9.17, 15) is 0 Å². The highest BCUT2D eigenvalue weighted by Crippen LogP contribution is 2.27. The van der Waals surface area contributed by atoms with Crippen molar-refractivity contribution in [1.82, 2.24) is 0 Å². The highest BCUT2D eigenvalue weighted by molar-refractivity contribution is 5.99. The Balaban J connectivity index is 3.01. The van der Waals surface area contributed by atoms with Gasteiger partial charge in [0.25, 0.3) is 0 Å². The zero-order valence-electron chi connectivity index (χ0n) is 9.12. The van der Waals surface area contributed by atoms with E-state index in [0.717, 1.165) is 10.8 Å². The Morgan fingerprint density at radius 3 is 2.24 bits per heavy atom. The first-order valence-corrected chi connectivity index (χ1v) is 4.97. The summed E-state index contributed by atoms with van der Waals surface area (Å²) in [7, 11) is 0. The lowest BCUT2D eigenvalue weighted by atomic mass is 9.97. The van der Waals surface area contributed by atoms with Crippen LogP contribution in [0.4, 0.5) is 5.69 Å². The minimum Gasteiger partial charge on any atom is -0.398 e. The summed E-state index contributed by atoms with van der Waals surface area (Å²) in [6.07, 6.45) is 16.3. The van der Waals surface area contributed by atoms with Gasteiger partial charge in [0, 0.05) is 33.2 Å². The zero-order valence-corrected chi connectivity index (χ0v) is 9.12. The number of benzene rings is 2. The quantitative estimate of drug-likeness (QED) is 0.530. The Morgan fingerprint density at radius 2 is 1.65 bits per heavy atom. The number of nitrogen functional groups attached to an aromatic ring is 1. The Kier molecular flexibility index (Phi) is 2.50. The lowest BCUT2D eigenvalue weighted by Gasteiger charge is -2.07. The zero-order chi connectivity index (χ0) is 12.4. The van der Waals surface area contributed by atoms with Crippen molar-refractivity contribution in [2.75, 3.05) is 5.73 Å². The SMILES string of the molecule is C#Cc1cc(N)c2ccc(C#C)c(C#C)c2c1. The van der Waals surface area contributed by atoms with E-state index in [2.05, 4.69) is 17.8 Å². The maximum atomic E-state index is 5.93. The van der Waals surface area contributed by atoms with Gasteiger partial charge < -0.3 is 5.73 Å². The van der Waals surface area contributed by atoms with Crippen LogP contribution in [-0.4, -0.2) is 0 Å². The number of hydrogen-bond acceptors (Lipinski definition) is 1. The van der Waals surface area contributed by atoms with Crippen molar-refractivity contribution in [1.29, 1.82) is 0 Å². The van der Waals surface area contributed by atoms with E-state index < -0.39 is 0 Å². The van der Waals surface area contributed by atoms with Crippen molar-refractivity contribution in [2.24, 2.45) is 0 Å². The van der Waals surface area contributed by atoms with Crippen LogP contribution in [0.5, 0.6) is 0 Å². The molecule has 2 rings (SSSR count). The molecule has 0 saturated carbocycles. The third-order valence-electron chi connectivity index (χ3n) is 2.63. The van der Waals surface area contributed by atoms with Gasteiger partial charge in [0.05, 0.1) is 0 Å². The van der Waals surface area contributed by atoms with E-state index in [1.165, 1.54) is 0 Å². The summed E-state index contributed by atoms with van der Waals surface area (Å²) in [5.41, 5.74) is 8.57. The molecule has 0 unspecified atom stereocenters. The smallest absolute Gasteiger partial charge is 0.0478 e. The topological polar surface area (TPSA) is 26.0 Å². The second-order valence-corrected chi connectivity index (χ2v) is 3.58. The average Bonchev–Trinajstić information content (AvgIpc) is 2.36. The average molecular weight is 215 g/mol. The molecule has 2 aromatic carbocycles. The summed E-state index contributed by atoms with van der Waals surface area (Å²) < 4.78 is 0. The Bertz CT molecular complexity index is 731. The van der Waals surface area contributed by atoms with Crippen LogP contribution < -0.4 is 5.73 Å². The van der Waals surface area contributed by atoms with E-state index in [-0.39, 0.29) is 0 Å². The third-order valence-corrected chi connectivity index (χ3v) is 2.63. The summed E-state index contributed by atoms with van der Waals surface area (Å²) in [5, 5.41) is 1.70. The first-order chi connectivity index (χ1) is 8.21. The van der Waals surface area contributed by atoms with Gasteiger partial charge in [0.1, 0.15) is 0 Å². The Hall–Kier alpha value is -2.82. The van der Waals surface area contributed by atoms with Gasteiger partial charge in [-0.15, -0.1) is 19.3 Å². The highest BCUT2D eigenvalue weighted by Gasteiger charge is 2.07. The van der Waals surface area contributed by atoms with Crippen LogP contribution in [0.1, 0.15) is 16.7 Å². The number of terminal acetylenes is 3. The molecule has 0 spiro atoms. The van der Waals surface area contributed by atoms with Crippen LogP contribution in [0, 0.1) is 37.0 Å². The van der Waals surface area contributed by atoms with Crippen LogP contribution in [-0.2, 0) is 0 Å². The van der Waals surface area contributed by atoms with E-state index >= 15 is 0 Å². The summed E-state index contributed by atoms with van der Waals surface area (Å²) in [5.74, 6) is 7.71. The van der Waals surface area contributed by atoms with Crippen LogP contribution in [0.2, 0.25) is 0 Å². The van der Waals surface area contributed by atoms with Crippen molar-refractivity contribution >= 4 is 16.5 Å². The van der Waals surface area contributed by atoms with Crippen molar-refractivity contribution in [3.63, 3.8) is 0 Å². The fourth-order valence-corrected chi connectivity index (χ4v) is 1.82. The van der Waals surface area contributed by atoms with E-state index in [4.69, 9.17) is 25.0 Å². The molecule has 78 valence electrons. The molecule has 0 radical (unpaired) electrons. The van der Waals surface area contributed by atoms with E-state index in [1.807, 2.05) is 12.1 Å². The molecule has 1 nitrogen and oxygen atoms in total. The van der Waals surface area contributed by atoms with Crippen molar-refractivity contribution in [3.8, 4) is 37.0 Å². The Morgan fingerprint density at radius 1 is 0.882 bits per heavy atom. The lowest BCUT2D eigenvalue weighted by Crippen LogP contribution is -1.93. The summed E-state index contributed by atoms with van der Waals surface area (Å²) in [6.45, 7) is 0. The van der Waals surface area contributed by atoms with Gasteiger partial charge in [-0.1, -0.05) is 23.8 Å². The maximum absolute atomic E-state index is 5.93. The predicted octanol–water partition coefficient (Wildman–Crippen LogP) is 2.37. The molecule has 0 aliphatic heterocycles. The molecule has 0 bridgehead atoms. The second kappa shape index (κ2) is 3.97. The molecule has 0 aromatic heterocycles. The van der Waals surface area contributed by atoms with E-state index in [1.54, 1.807) is 12.1 Å². The molecule has 0 aliphatic rings. The summed E-state index contributed by atoms with van der Waals surface area (Å²) in [6, 6.07) is 7.24. The fraction of sp³-hybridized carbons (Fsp3) is 0. The van der Waals surface area contributed by atoms with Gasteiger partial charge in [0.15, 0.2) is 0 Å². The Labute approximate surface area is 101 Å². The molecule has 2 aromatic rings. The molecular weight excluding hydrogens is 206 g/mol. The molecular formula is C16H9N. The second-order valence-electron chi connectivity index (χ2n) is 3.58. The molecule has 0 fully saturated rings. The third kappa shape index (κ3) is 1.59. The standard InChI is InChI=1S/C16H9N/c1-4-11-9-15-13(6-3)12(5-2)7-8-14(15)16(17)10-11/h1-3,7-10H,17H2. The first-order valence-electron chi connectivity index (χ1n) is 4.97. The molecule has 0 saturated heterocycles. The monoisotopic (exact) mass is 215 g/mol. The van der Waals surface area contributed by atoms with Gasteiger partial charge in [0.2, 0.25) is 0 Å². The lowest BCUT2D eigenvalue weighted by molar-refractivity contribution is 1.62. The molecule has 0 aliphatic carbocycles. The normalized spacial score (nSPS) is 9.24. The molecule has 0 atom stereocenters. The van der Waals surface area contributed by atoms with Crippen LogP contribution in [0.15, 0.2) is 24.3 Å². The number of anilines is 1. The molecule has 0 amide bonds. The number of hydrogen-bond donors (Lipinski definition) is 1. The van der Waals surface area contributed by atoms with Gasteiger partial charge >= 0.3 is 0 Å². The van der Waals surface area contributed by atoms with Gasteiger partial charge in [-0.05, 0) is 18.2 Å². The van der Waals surface area contributed by atoms with E-state index in [0.29, 0.717) is 22.4 Å². The molecule has 1 heteroatoms. The number of nitrogens with two attached hydrogens (primary N) is 1. The highest BCUT2D eigenvalue weighted by atomic mass is 14.5. The predicted molar refractivity (Wildman–Crippen MR) is 72.2 cm³/mol. The van der Waals surface area contributed by atoms with Gasteiger partial charge in [-0.2, -0.15) is 0 Å². The van der Waals surface area contributed by atoms with Crippen LogP contribution >= 0.6 is 0 Å². The van der Waals surface area contributed by atoms with Crippen LogP contribution in [0.3, 0.4) is 0 Å². The minimum atomic E-state index is 0.607. The van der Waals surface area contributed by atoms with Gasteiger partial charge in [-0.25, -0.2) is 0 Å². The van der Waals surface area contributed by atoms with Crippen molar-refractivity contribution in [2.45, 2.75) is 0 Å². The minimum absolute atomic E-state index is 0.607.